The van der Waals surface area contributed by atoms with Crippen LogP contribution >= 0.6 is 23.1 Å². The highest BCUT2D eigenvalue weighted by Crippen LogP contribution is 2.36. The summed E-state index contributed by atoms with van der Waals surface area (Å²) in [5, 5.41) is 3.46. The van der Waals surface area contributed by atoms with Crippen LogP contribution in [0.2, 0.25) is 0 Å². The van der Waals surface area contributed by atoms with Crippen molar-refractivity contribution in [2.75, 3.05) is 25.4 Å². The minimum atomic E-state index is 0.274. The van der Waals surface area contributed by atoms with Crippen LogP contribution in [-0.4, -0.2) is 42.2 Å². The molecule has 1 N–H and O–H groups in total. The van der Waals surface area contributed by atoms with Crippen LogP contribution in [0.5, 0.6) is 0 Å². The smallest absolute Gasteiger partial charge is 0.264 e. The monoisotopic (exact) mass is 308 g/mol. The van der Waals surface area contributed by atoms with Crippen molar-refractivity contribution in [2.45, 2.75) is 25.1 Å². The van der Waals surface area contributed by atoms with Gasteiger partial charge in [0.1, 0.15) is 0 Å². The molecular weight excluding hydrogens is 288 g/mol. The Morgan fingerprint density at radius 1 is 1.45 bits per heavy atom. The van der Waals surface area contributed by atoms with E-state index in [1.165, 1.54) is 16.2 Å². The van der Waals surface area contributed by atoms with Crippen molar-refractivity contribution in [1.29, 1.82) is 0 Å². The predicted octanol–water partition coefficient (Wildman–Crippen LogP) is 2.22. The van der Waals surface area contributed by atoms with E-state index in [-0.39, 0.29) is 5.91 Å². The summed E-state index contributed by atoms with van der Waals surface area (Å²) in [6.45, 7) is 5.32. The molecule has 0 saturated carbocycles. The highest BCUT2D eigenvalue weighted by atomic mass is 32.2. The quantitative estimate of drug-likeness (QED) is 0.863. The number of thioether (sulfide) groups is 1. The second-order valence-corrected chi connectivity index (χ2v) is 8.38. The molecule has 0 aliphatic carbocycles. The van der Waals surface area contributed by atoms with Gasteiger partial charge in [-0.15, -0.1) is 11.3 Å². The standard InChI is InChI=1S/C15H20N2OS2/c1-9-12-6-16-5-11(12)7-17(9)15(18)14-4-10-8-19-3-2-13(10)20-14/h4,9,11-12,16H,2-3,5-8H2,1H3. The summed E-state index contributed by atoms with van der Waals surface area (Å²) in [6.07, 6.45) is 1.14. The molecule has 3 nitrogen and oxygen atoms in total. The maximum absolute atomic E-state index is 12.8. The average Bonchev–Trinajstić information content (AvgIpc) is 3.13. The summed E-state index contributed by atoms with van der Waals surface area (Å²) in [7, 11) is 0. The number of hydrogen-bond acceptors (Lipinski definition) is 4. The van der Waals surface area contributed by atoms with Crippen molar-refractivity contribution >= 4 is 29.0 Å². The van der Waals surface area contributed by atoms with Gasteiger partial charge in [-0.2, -0.15) is 11.8 Å². The summed E-state index contributed by atoms with van der Waals surface area (Å²) in [4.78, 5) is 17.4. The third-order valence-electron chi connectivity index (χ3n) is 5.03. The molecule has 20 heavy (non-hydrogen) atoms. The third-order valence-corrected chi connectivity index (χ3v) is 7.27. The Kier molecular flexibility index (Phi) is 3.32. The van der Waals surface area contributed by atoms with Crippen molar-refractivity contribution in [3.05, 3.63) is 21.4 Å². The Bertz CT molecular complexity index is 518. The van der Waals surface area contributed by atoms with Gasteiger partial charge in [0, 0.05) is 36.3 Å². The Hall–Kier alpha value is -0.520. The van der Waals surface area contributed by atoms with Crippen molar-refractivity contribution in [1.82, 2.24) is 10.2 Å². The molecule has 4 heterocycles. The Labute approximate surface area is 128 Å². The minimum absolute atomic E-state index is 0.274. The summed E-state index contributed by atoms with van der Waals surface area (Å²) in [5.41, 5.74) is 1.41. The van der Waals surface area contributed by atoms with Crippen molar-refractivity contribution in [2.24, 2.45) is 11.8 Å². The highest BCUT2D eigenvalue weighted by Gasteiger charge is 2.44. The summed E-state index contributed by atoms with van der Waals surface area (Å²) in [6, 6.07) is 2.55. The van der Waals surface area contributed by atoms with Crippen LogP contribution in [0.3, 0.4) is 0 Å². The molecular formula is C15H20N2OS2. The molecule has 0 bridgehead atoms. The summed E-state index contributed by atoms with van der Waals surface area (Å²) < 4.78 is 0. The van der Waals surface area contributed by atoms with E-state index in [4.69, 9.17) is 0 Å². The van der Waals surface area contributed by atoms with E-state index in [0.717, 1.165) is 36.7 Å². The van der Waals surface area contributed by atoms with E-state index in [1.54, 1.807) is 11.3 Å². The number of likely N-dealkylation sites (tertiary alicyclic amines) is 1. The molecule has 0 aromatic carbocycles. The fourth-order valence-electron chi connectivity index (χ4n) is 3.83. The highest BCUT2D eigenvalue weighted by molar-refractivity contribution is 7.98. The molecule has 5 heteroatoms. The number of carbonyl (C=O) groups excluding carboxylic acids is 1. The lowest BCUT2D eigenvalue weighted by Gasteiger charge is -2.23. The van der Waals surface area contributed by atoms with Crippen molar-refractivity contribution < 1.29 is 4.79 Å². The van der Waals surface area contributed by atoms with Gasteiger partial charge in [0.05, 0.1) is 4.88 Å². The van der Waals surface area contributed by atoms with Gasteiger partial charge in [-0.05, 0) is 42.6 Å². The topological polar surface area (TPSA) is 32.3 Å². The number of amides is 1. The SMILES string of the molecule is CC1C2CNCC2CN1C(=O)c1cc2c(s1)CCSC2. The Morgan fingerprint density at radius 3 is 3.15 bits per heavy atom. The first-order valence-electron chi connectivity index (χ1n) is 7.45. The van der Waals surface area contributed by atoms with E-state index in [9.17, 15) is 4.79 Å². The molecule has 2 fully saturated rings. The van der Waals surface area contributed by atoms with E-state index in [2.05, 4.69) is 23.2 Å². The number of aryl methyl sites for hydroxylation is 1. The Morgan fingerprint density at radius 2 is 2.35 bits per heavy atom. The molecule has 3 atom stereocenters. The van der Waals surface area contributed by atoms with E-state index < -0.39 is 0 Å². The third kappa shape index (κ3) is 2.02. The van der Waals surface area contributed by atoms with E-state index in [0.29, 0.717) is 17.9 Å². The van der Waals surface area contributed by atoms with Crippen LogP contribution in [0, 0.1) is 11.8 Å². The van der Waals surface area contributed by atoms with Gasteiger partial charge in [0.15, 0.2) is 0 Å². The van der Waals surface area contributed by atoms with Gasteiger partial charge >= 0.3 is 0 Å². The lowest BCUT2D eigenvalue weighted by Crippen LogP contribution is -2.37. The number of rotatable bonds is 1. The van der Waals surface area contributed by atoms with Gasteiger partial charge < -0.3 is 10.2 Å². The maximum Gasteiger partial charge on any atom is 0.264 e. The average molecular weight is 308 g/mol. The van der Waals surface area contributed by atoms with Crippen LogP contribution in [-0.2, 0) is 12.2 Å². The molecule has 3 unspecified atom stereocenters. The van der Waals surface area contributed by atoms with Crippen LogP contribution in [0.15, 0.2) is 6.07 Å². The molecule has 0 spiro atoms. The van der Waals surface area contributed by atoms with E-state index >= 15 is 0 Å². The zero-order valence-corrected chi connectivity index (χ0v) is 13.4. The first-order chi connectivity index (χ1) is 9.74. The molecule has 1 amide bonds. The van der Waals surface area contributed by atoms with Gasteiger partial charge in [-0.3, -0.25) is 4.79 Å². The first-order valence-corrected chi connectivity index (χ1v) is 9.42. The molecule has 3 aliphatic rings. The number of nitrogens with one attached hydrogen (secondary N) is 1. The molecule has 4 rings (SSSR count). The second kappa shape index (κ2) is 5.04. The number of nitrogens with zero attached hydrogens (tertiary/aromatic N) is 1. The molecule has 1 aromatic heterocycles. The van der Waals surface area contributed by atoms with Crippen LogP contribution < -0.4 is 5.32 Å². The Balaban J connectivity index is 1.57. The number of hydrogen-bond donors (Lipinski definition) is 1. The molecule has 1 aromatic rings. The minimum Gasteiger partial charge on any atom is -0.335 e. The van der Waals surface area contributed by atoms with Gasteiger partial charge in [0.25, 0.3) is 5.91 Å². The fraction of sp³-hybridized carbons (Fsp3) is 0.667. The molecule has 108 valence electrons. The molecule has 3 aliphatic heterocycles. The van der Waals surface area contributed by atoms with Gasteiger partial charge in [-0.25, -0.2) is 0 Å². The van der Waals surface area contributed by atoms with Crippen LogP contribution in [0.4, 0.5) is 0 Å². The number of fused-ring (bicyclic) bond motifs is 2. The zero-order chi connectivity index (χ0) is 13.7. The zero-order valence-electron chi connectivity index (χ0n) is 11.7. The number of thiophene rings is 1. The largest absolute Gasteiger partial charge is 0.335 e. The van der Waals surface area contributed by atoms with Crippen molar-refractivity contribution in [3.8, 4) is 0 Å². The fourth-order valence-corrected chi connectivity index (χ4v) is 6.16. The van der Waals surface area contributed by atoms with Crippen LogP contribution in [0.1, 0.15) is 27.0 Å². The lowest BCUT2D eigenvalue weighted by molar-refractivity contribution is 0.0733. The van der Waals surface area contributed by atoms with Gasteiger partial charge in [0.2, 0.25) is 0 Å². The van der Waals surface area contributed by atoms with E-state index in [1.807, 2.05) is 11.8 Å². The second-order valence-electron chi connectivity index (χ2n) is 6.14. The predicted molar refractivity (Wildman–Crippen MR) is 84.5 cm³/mol. The first kappa shape index (κ1) is 13.2. The molecule has 2 saturated heterocycles. The lowest BCUT2D eigenvalue weighted by atomic mass is 9.95. The maximum atomic E-state index is 12.8. The van der Waals surface area contributed by atoms with Gasteiger partial charge in [-0.1, -0.05) is 0 Å². The molecule has 0 radical (unpaired) electrons. The van der Waals surface area contributed by atoms with Crippen molar-refractivity contribution in [3.63, 3.8) is 0 Å². The summed E-state index contributed by atoms with van der Waals surface area (Å²) in [5.74, 6) is 3.89. The van der Waals surface area contributed by atoms with Crippen LogP contribution in [0.25, 0.3) is 0 Å². The summed E-state index contributed by atoms with van der Waals surface area (Å²) >= 11 is 3.72. The number of carbonyl (C=O) groups is 1. The normalized spacial score (nSPS) is 32.2.